The third-order valence-corrected chi connectivity index (χ3v) is 2.91. The highest BCUT2D eigenvalue weighted by Crippen LogP contribution is 2.31. The van der Waals surface area contributed by atoms with Gasteiger partial charge in [-0.15, -0.1) is 0 Å². The molecule has 0 aliphatic rings. The number of anilines is 1. The van der Waals surface area contributed by atoms with E-state index in [0.29, 0.717) is 27.2 Å². The number of methoxy groups -OCH3 is 1. The van der Waals surface area contributed by atoms with Crippen LogP contribution < -0.4 is 10.5 Å². The summed E-state index contributed by atoms with van der Waals surface area (Å²) in [6, 6.07) is 9.44. The molecule has 0 amide bonds. The second-order valence-electron chi connectivity index (χ2n) is 3.95. The maximum atomic E-state index is 11.7. The van der Waals surface area contributed by atoms with Crippen LogP contribution in [0.2, 0.25) is 10.0 Å². The van der Waals surface area contributed by atoms with Crippen LogP contribution in [0, 0.1) is 0 Å². The topological polar surface area (TPSA) is 61.5 Å². The molecule has 0 saturated heterocycles. The third-order valence-electron chi connectivity index (χ3n) is 2.47. The molecule has 2 N–H and O–H groups in total. The first-order valence-corrected chi connectivity index (χ1v) is 6.37. The van der Waals surface area contributed by atoms with Crippen molar-refractivity contribution in [2.75, 3.05) is 12.8 Å². The third kappa shape index (κ3) is 3.35. The molecule has 0 unspecified atom stereocenters. The summed E-state index contributed by atoms with van der Waals surface area (Å²) in [5, 5.41) is 0.866. The normalized spacial score (nSPS) is 10.2. The second-order valence-corrected chi connectivity index (χ2v) is 4.83. The maximum Gasteiger partial charge on any atom is 0.341 e. The van der Waals surface area contributed by atoms with Crippen LogP contribution in [-0.2, 0) is 4.74 Å². The average Bonchev–Trinajstić information content (AvgIpc) is 2.38. The van der Waals surface area contributed by atoms with Gasteiger partial charge >= 0.3 is 5.97 Å². The number of rotatable bonds is 3. The van der Waals surface area contributed by atoms with Gasteiger partial charge in [0.2, 0.25) is 0 Å². The van der Waals surface area contributed by atoms with Gasteiger partial charge in [0.1, 0.15) is 17.1 Å². The summed E-state index contributed by atoms with van der Waals surface area (Å²) in [5.74, 6) is 0.183. The summed E-state index contributed by atoms with van der Waals surface area (Å²) < 4.78 is 10.3. The molecule has 0 aliphatic carbocycles. The fraction of sp³-hybridized carbons (Fsp3) is 0.0714. The fourth-order valence-electron chi connectivity index (χ4n) is 1.62. The van der Waals surface area contributed by atoms with Crippen molar-refractivity contribution in [3.05, 3.63) is 52.0 Å². The lowest BCUT2D eigenvalue weighted by molar-refractivity contribution is 0.0598. The highest BCUT2D eigenvalue weighted by molar-refractivity contribution is 6.34. The molecule has 0 heterocycles. The molecular weight excluding hydrogens is 301 g/mol. The molecule has 2 aromatic rings. The number of nitrogens with two attached hydrogens (primary N) is 1. The standard InChI is InChI=1S/C14H11Cl2NO3/c1-19-14(18)12-7-10(17)2-3-13(12)20-11-5-8(15)4-9(16)6-11/h2-7H,17H2,1H3. The van der Waals surface area contributed by atoms with Gasteiger partial charge < -0.3 is 15.2 Å². The molecule has 0 atom stereocenters. The zero-order valence-electron chi connectivity index (χ0n) is 10.5. The summed E-state index contributed by atoms with van der Waals surface area (Å²) in [5.41, 5.74) is 6.31. The van der Waals surface area contributed by atoms with E-state index in [1.807, 2.05) is 0 Å². The fourth-order valence-corrected chi connectivity index (χ4v) is 2.13. The molecule has 104 valence electrons. The molecule has 2 rings (SSSR count). The Hall–Kier alpha value is -1.91. The van der Waals surface area contributed by atoms with Crippen LogP contribution in [0.1, 0.15) is 10.4 Å². The first-order valence-electron chi connectivity index (χ1n) is 5.61. The lowest BCUT2D eigenvalue weighted by Crippen LogP contribution is -2.04. The maximum absolute atomic E-state index is 11.7. The smallest absolute Gasteiger partial charge is 0.341 e. The van der Waals surface area contributed by atoms with Crippen molar-refractivity contribution >= 4 is 34.9 Å². The molecule has 0 radical (unpaired) electrons. The molecule has 2 aromatic carbocycles. The molecule has 4 nitrogen and oxygen atoms in total. The van der Waals surface area contributed by atoms with Crippen molar-refractivity contribution < 1.29 is 14.3 Å². The summed E-state index contributed by atoms with van der Waals surface area (Å²) >= 11 is 11.8. The first-order chi connectivity index (χ1) is 9.49. The Morgan fingerprint density at radius 1 is 1.10 bits per heavy atom. The lowest BCUT2D eigenvalue weighted by atomic mass is 10.2. The molecule has 0 spiro atoms. The Balaban J connectivity index is 2.40. The molecule has 0 aliphatic heterocycles. The quantitative estimate of drug-likeness (QED) is 0.683. The number of ether oxygens (including phenoxy) is 2. The predicted molar refractivity (Wildman–Crippen MR) is 78.7 cm³/mol. The molecule has 0 bridgehead atoms. The number of hydrogen-bond acceptors (Lipinski definition) is 4. The van der Waals surface area contributed by atoms with E-state index in [0.717, 1.165) is 0 Å². The number of hydrogen-bond donors (Lipinski definition) is 1. The Bertz CT molecular complexity index is 639. The number of esters is 1. The SMILES string of the molecule is COC(=O)c1cc(N)ccc1Oc1cc(Cl)cc(Cl)c1. The minimum absolute atomic E-state index is 0.226. The van der Waals surface area contributed by atoms with Gasteiger partial charge in [0.05, 0.1) is 7.11 Å². The second kappa shape index (κ2) is 6.03. The van der Waals surface area contributed by atoms with Crippen LogP contribution in [0.25, 0.3) is 0 Å². The minimum Gasteiger partial charge on any atom is -0.465 e. The largest absolute Gasteiger partial charge is 0.465 e. The number of benzene rings is 2. The minimum atomic E-state index is -0.541. The number of carbonyl (C=O) groups is 1. The monoisotopic (exact) mass is 311 g/mol. The molecular formula is C14H11Cl2NO3. The van der Waals surface area contributed by atoms with Crippen molar-refractivity contribution in [3.8, 4) is 11.5 Å². The van der Waals surface area contributed by atoms with Crippen molar-refractivity contribution in [1.29, 1.82) is 0 Å². The van der Waals surface area contributed by atoms with Crippen LogP contribution in [0.3, 0.4) is 0 Å². The van der Waals surface area contributed by atoms with Crippen LogP contribution in [0.15, 0.2) is 36.4 Å². The van der Waals surface area contributed by atoms with E-state index in [4.69, 9.17) is 38.4 Å². The summed E-state index contributed by atoms with van der Waals surface area (Å²) in [6.45, 7) is 0. The van der Waals surface area contributed by atoms with Gasteiger partial charge in [0.15, 0.2) is 0 Å². The Labute approximate surface area is 126 Å². The van der Waals surface area contributed by atoms with E-state index in [9.17, 15) is 4.79 Å². The van der Waals surface area contributed by atoms with Crippen LogP contribution in [-0.4, -0.2) is 13.1 Å². The summed E-state index contributed by atoms with van der Waals surface area (Å²) in [7, 11) is 1.28. The number of nitrogen functional groups attached to an aromatic ring is 1. The van der Waals surface area contributed by atoms with E-state index in [2.05, 4.69) is 0 Å². The lowest BCUT2D eigenvalue weighted by Gasteiger charge is -2.11. The Kier molecular flexibility index (Phi) is 4.37. The highest BCUT2D eigenvalue weighted by atomic mass is 35.5. The van der Waals surface area contributed by atoms with Gasteiger partial charge in [-0.25, -0.2) is 4.79 Å². The van der Waals surface area contributed by atoms with Gasteiger partial charge in [0.25, 0.3) is 0 Å². The van der Waals surface area contributed by atoms with E-state index < -0.39 is 5.97 Å². The van der Waals surface area contributed by atoms with E-state index in [-0.39, 0.29) is 5.56 Å². The number of carbonyl (C=O) groups excluding carboxylic acids is 1. The van der Waals surface area contributed by atoms with E-state index in [1.165, 1.54) is 13.2 Å². The van der Waals surface area contributed by atoms with Crippen molar-refractivity contribution in [2.24, 2.45) is 0 Å². The highest BCUT2D eigenvalue weighted by Gasteiger charge is 2.14. The van der Waals surface area contributed by atoms with Crippen molar-refractivity contribution in [1.82, 2.24) is 0 Å². The molecule has 20 heavy (non-hydrogen) atoms. The van der Waals surface area contributed by atoms with Gasteiger partial charge in [-0.1, -0.05) is 23.2 Å². The van der Waals surface area contributed by atoms with Crippen LogP contribution in [0.4, 0.5) is 5.69 Å². The summed E-state index contributed by atoms with van der Waals surface area (Å²) in [4.78, 5) is 11.7. The van der Waals surface area contributed by atoms with Crippen molar-refractivity contribution in [3.63, 3.8) is 0 Å². The van der Waals surface area contributed by atoms with Crippen molar-refractivity contribution in [2.45, 2.75) is 0 Å². The molecule has 6 heteroatoms. The van der Waals surface area contributed by atoms with Gasteiger partial charge in [-0.3, -0.25) is 0 Å². The predicted octanol–water partition coefficient (Wildman–Crippen LogP) is 4.15. The van der Waals surface area contributed by atoms with Gasteiger partial charge in [-0.05, 0) is 36.4 Å². The summed E-state index contributed by atoms with van der Waals surface area (Å²) in [6.07, 6.45) is 0. The Morgan fingerprint density at radius 3 is 2.35 bits per heavy atom. The van der Waals surface area contributed by atoms with Crippen LogP contribution >= 0.6 is 23.2 Å². The average molecular weight is 312 g/mol. The van der Waals surface area contributed by atoms with E-state index in [1.54, 1.807) is 30.3 Å². The molecule has 0 aromatic heterocycles. The molecule has 0 fully saturated rings. The zero-order chi connectivity index (χ0) is 14.7. The zero-order valence-corrected chi connectivity index (χ0v) is 12.0. The molecule has 0 saturated carbocycles. The van der Waals surface area contributed by atoms with Crippen LogP contribution in [0.5, 0.6) is 11.5 Å². The van der Waals surface area contributed by atoms with Gasteiger partial charge in [0, 0.05) is 15.7 Å². The van der Waals surface area contributed by atoms with Gasteiger partial charge in [-0.2, -0.15) is 0 Å². The van der Waals surface area contributed by atoms with E-state index >= 15 is 0 Å². The number of halogens is 2. The first kappa shape index (κ1) is 14.5. The Morgan fingerprint density at radius 2 is 1.75 bits per heavy atom.